The second kappa shape index (κ2) is 26.6. The van der Waals surface area contributed by atoms with Crippen molar-refractivity contribution >= 4 is 37.2 Å². The Labute approximate surface area is 324 Å². The Hall–Kier alpha value is 0.543. The molecule has 0 N–H and O–H groups in total. The molecular weight excluding hydrogens is 832 g/mol. The molecule has 0 aliphatic heterocycles. The van der Waals surface area contributed by atoms with Gasteiger partial charge in [0.05, 0.1) is 0 Å². The van der Waals surface area contributed by atoms with Gasteiger partial charge in [0.25, 0.3) is 0 Å². The van der Waals surface area contributed by atoms with Crippen LogP contribution in [0.2, 0.25) is 0 Å². The van der Waals surface area contributed by atoms with Gasteiger partial charge in [0.1, 0.15) is 0 Å². The Morgan fingerprint density at radius 3 is 1.05 bits per heavy atom. The van der Waals surface area contributed by atoms with Crippen molar-refractivity contribution in [1.82, 2.24) is 0 Å². The van der Waals surface area contributed by atoms with Crippen molar-refractivity contribution in [3.05, 3.63) is 93.2 Å². The van der Waals surface area contributed by atoms with Gasteiger partial charge in [-0.25, -0.2) is 34.4 Å². The molecule has 242 valence electrons. The quantitative estimate of drug-likeness (QED) is 0.184. The number of hydrogen-bond acceptors (Lipinski definition) is 0. The van der Waals surface area contributed by atoms with E-state index >= 15 is 0 Å². The molecule has 4 aliphatic rings. The Kier molecular flexibility index (Phi) is 32.8. The SMILES string of the molecule is CC1=[C-]C(C)(C)C(C)=C1C.CC1=[C-]C(C)(C)C(C)=C1C.CCCCC1=[C-]CC=C1.CCCCC1=[C-]CC=C1.Cl.Cl.Cl.[Hf].[Zr+2]. The van der Waals surface area contributed by atoms with Crippen LogP contribution in [0.25, 0.3) is 0 Å². The van der Waals surface area contributed by atoms with E-state index < -0.39 is 0 Å². The number of halogens is 3. The van der Waals surface area contributed by atoms with Gasteiger partial charge in [0.2, 0.25) is 0 Å². The van der Waals surface area contributed by atoms with Gasteiger partial charge >= 0.3 is 26.2 Å². The predicted octanol–water partition coefficient (Wildman–Crippen LogP) is 13.2. The molecule has 0 heterocycles. The van der Waals surface area contributed by atoms with Crippen LogP contribution in [0.15, 0.2) is 68.9 Å². The normalized spacial score (nSPS) is 17.8. The van der Waals surface area contributed by atoms with Crippen molar-refractivity contribution in [2.45, 2.75) is 134 Å². The van der Waals surface area contributed by atoms with Crippen LogP contribution in [-0.2, 0) is 52.0 Å². The molecule has 0 bridgehead atoms. The third kappa shape index (κ3) is 19.1. The third-order valence-corrected chi connectivity index (χ3v) is 8.26. The van der Waals surface area contributed by atoms with Gasteiger partial charge in [0.15, 0.2) is 0 Å². The maximum absolute atomic E-state index is 3.44. The molecule has 0 saturated heterocycles. The van der Waals surface area contributed by atoms with Crippen LogP contribution in [-0.4, -0.2) is 0 Å². The molecule has 0 amide bonds. The van der Waals surface area contributed by atoms with E-state index in [0.29, 0.717) is 0 Å². The van der Waals surface area contributed by atoms with Crippen LogP contribution < -0.4 is 0 Å². The van der Waals surface area contributed by atoms with Crippen molar-refractivity contribution < 1.29 is 52.0 Å². The first-order valence-corrected chi connectivity index (χ1v) is 14.9. The number of hydrogen-bond donors (Lipinski definition) is 0. The van der Waals surface area contributed by atoms with Gasteiger partial charge in [-0.05, 0) is 0 Å². The third-order valence-electron chi connectivity index (χ3n) is 8.26. The molecule has 0 fully saturated rings. The second-order valence-corrected chi connectivity index (χ2v) is 12.1. The molecule has 0 spiro atoms. The summed E-state index contributed by atoms with van der Waals surface area (Å²) in [6.45, 7) is 26.3. The van der Waals surface area contributed by atoms with Crippen molar-refractivity contribution in [2.24, 2.45) is 10.8 Å². The molecule has 4 rings (SSSR count). The zero-order chi connectivity index (χ0) is 28.9. The minimum Gasteiger partial charge on any atom is -0.269 e. The van der Waals surface area contributed by atoms with E-state index in [1.54, 1.807) is 0 Å². The number of rotatable bonds is 6. The molecule has 4 aliphatic carbocycles. The average molecular weight is 892 g/mol. The van der Waals surface area contributed by atoms with E-state index in [1.165, 1.54) is 83.1 Å². The molecule has 0 unspecified atom stereocenters. The zero-order valence-corrected chi connectivity index (χ0v) is 37.7. The second-order valence-electron chi connectivity index (χ2n) is 12.1. The van der Waals surface area contributed by atoms with E-state index in [1.807, 2.05) is 0 Å². The van der Waals surface area contributed by atoms with E-state index in [2.05, 4.69) is 132 Å². The minimum atomic E-state index is 0. The first kappa shape index (κ1) is 53.1. The number of allylic oxidation sites excluding steroid dienone is 16. The number of unbranched alkanes of at least 4 members (excludes halogenated alkanes) is 2. The van der Waals surface area contributed by atoms with Gasteiger partial charge in [-0.1, -0.05) is 119 Å². The van der Waals surface area contributed by atoms with Gasteiger partial charge < -0.3 is 0 Å². The molecule has 5 heteroatoms. The van der Waals surface area contributed by atoms with Crippen LogP contribution in [0.4, 0.5) is 0 Å². The molecule has 43 heavy (non-hydrogen) atoms. The first-order valence-electron chi connectivity index (χ1n) is 14.9. The summed E-state index contributed by atoms with van der Waals surface area (Å²) in [6.07, 6.45) is 31.9. The van der Waals surface area contributed by atoms with Crippen LogP contribution in [0.3, 0.4) is 0 Å². The molecule has 0 aromatic carbocycles. The summed E-state index contributed by atoms with van der Waals surface area (Å²) in [5.74, 6) is 0. The standard InChI is InChI=1S/2C10H15.2C9H13.3ClH.Hf.Zr/c2*1-7-6-10(4,5)9(3)8(7)2;2*1-2-3-6-9-7-4-5-8-9;;;;;/h2*1-5H3;2*4,7H,2-3,5-6H2,1H3;3*1H;;/q4*-1;;;;;+2. The summed E-state index contributed by atoms with van der Waals surface area (Å²) in [4.78, 5) is 0. The van der Waals surface area contributed by atoms with Crippen molar-refractivity contribution in [3.63, 3.8) is 0 Å². The zero-order valence-electron chi connectivity index (χ0n) is 29.2. The monoisotopic (exact) mass is 890 g/mol. The summed E-state index contributed by atoms with van der Waals surface area (Å²) in [5, 5.41) is 0. The van der Waals surface area contributed by atoms with Gasteiger partial charge in [-0.2, -0.15) is 34.4 Å². The maximum Gasteiger partial charge on any atom is 2.00 e. The minimum absolute atomic E-state index is 0. The van der Waals surface area contributed by atoms with E-state index in [0.717, 1.165) is 12.8 Å². The summed E-state index contributed by atoms with van der Waals surface area (Å²) in [7, 11) is 0. The van der Waals surface area contributed by atoms with Crippen molar-refractivity contribution in [1.29, 1.82) is 0 Å². The fourth-order valence-electron chi connectivity index (χ4n) is 4.79. The van der Waals surface area contributed by atoms with E-state index in [4.69, 9.17) is 0 Å². The predicted molar refractivity (Wildman–Crippen MR) is 191 cm³/mol. The fraction of sp³-hybridized carbons (Fsp3) is 0.579. The molecule has 0 radical (unpaired) electrons. The molecular formula is C38H59Cl3HfZr-2. The van der Waals surface area contributed by atoms with E-state index in [-0.39, 0.29) is 100 Å². The summed E-state index contributed by atoms with van der Waals surface area (Å²) in [5.41, 5.74) is 11.6. The first-order chi connectivity index (χ1) is 17.8. The average Bonchev–Trinajstić information content (AvgIpc) is 3.64. The van der Waals surface area contributed by atoms with E-state index in [9.17, 15) is 0 Å². The largest absolute Gasteiger partial charge is 2.00 e. The Bertz CT molecular complexity index is 963. The van der Waals surface area contributed by atoms with Gasteiger partial charge in [0, 0.05) is 25.8 Å². The molecule has 0 atom stereocenters. The van der Waals surface area contributed by atoms with Crippen LogP contribution in [0, 0.1) is 35.1 Å². The molecule has 0 nitrogen and oxygen atoms in total. The summed E-state index contributed by atoms with van der Waals surface area (Å²) < 4.78 is 0. The van der Waals surface area contributed by atoms with Crippen molar-refractivity contribution in [2.75, 3.05) is 0 Å². The topological polar surface area (TPSA) is 0 Å². The Morgan fingerprint density at radius 2 is 0.907 bits per heavy atom. The van der Waals surface area contributed by atoms with Crippen LogP contribution in [0.1, 0.15) is 134 Å². The van der Waals surface area contributed by atoms with Crippen molar-refractivity contribution in [3.8, 4) is 0 Å². The Balaban J connectivity index is -0.000000144. The Morgan fingerprint density at radius 1 is 0.605 bits per heavy atom. The van der Waals surface area contributed by atoms with Gasteiger partial charge in [-0.3, -0.25) is 24.3 Å². The van der Waals surface area contributed by atoms with Gasteiger partial charge in [-0.15, -0.1) is 63.9 Å². The van der Waals surface area contributed by atoms with Crippen LogP contribution in [0.5, 0.6) is 0 Å². The fourth-order valence-corrected chi connectivity index (χ4v) is 4.79. The molecule has 0 aromatic rings. The smallest absolute Gasteiger partial charge is 0.269 e. The summed E-state index contributed by atoms with van der Waals surface area (Å²) >= 11 is 0. The molecule has 0 aromatic heterocycles. The summed E-state index contributed by atoms with van der Waals surface area (Å²) in [6, 6.07) is 0. The molecule has 0 saturated carbocycles. The van der Waals surface area contributed by atoms with Crippen LogP contribution >= 0.6 is 37.2 Å². The maximum atomic E-state index is 3.44.